The fourth-order valence-electron chi connectivity index (χ4n) is 3.11. The smallest absolute Gasteiger partial charge is 0.251 e. The second-order valence-electron chi connectivity index (χ2n) is 6.18. The molecule has 2 aromatic carbocycles. The van der Waals surface area contributed by atoms with Gasteiger partial charge in [-0.15, -0.1) is 0 Å². The number of rotatable bonds is 5. The number of nitrogens with one attached hydrogen (secondary N) is 1. The molecule has 0 atom stereocenters. The van der Waals surface area contributed by atoms with E-state index in [1.807, 2.05) is 19.1 Å². The summed E-state index contributed by atoms with van der Waals surface area (Å²) >= 11 is 0. The van der Waals surface area contributed by atoms with Gasteiger partial charge in [-0.05, 0) is 47.9 Å². The van der Waals surface area contributed by atoms with E-state index in [0.29, 0.717) is 30.8 Å². The minimum atomic E-state index is -0.180. The number of methoxy groups -OCH3 is 1. The molecule has 6 heteroatoms. The van der Waals surface area contributed by atoms with Gasteiger partial charge in [0, 0.05) is 30.8 Å². The van der Waals surface area contributed by atoms with E-state index in [0.717, 1.165) is 23.2 Å². The zero-order chi connectivity index (χ0) is 18.7. The van der Waals surface area contributed by atoms with Gasteiger partial charge in [-0.3, -0.25) is 9.59 Å². The molecule has 0 aromatic heterocycles. The number of phenolic OH excluding ortho intramolecular Hbond substituents is 1. The Morgan fingerprint density at radius 3 is 2.77 bits per heavy atom. The number of carbonyl (C=O) groups is 2. The molecule has 6 nitrogen and oxygen atoms in total. The zero-order valence-electron chi connectivity index (χ0n) is 14.9. The van der Waals surface area contributed by atoms with E-state index in [1.165, 1.54) is 13.2 Å². The van der Waals surface area contributed by atoms with Gasteiger partial charge in [0.05, 0.1) is 7.11 Å². The van der Waals surface area contributed by atoms with E-state index in [2.05, 4.69) is 5.32 Å². The minimum absolute atomic E-state index is 0.0624. The zero-order valence-corrected chi connectivity index (χ0v) is 14.9. The maximum Gasteiger partial charge on any atom is 0.251 e. The number of anilines is 1. The quantitative estimate of drug-likeness (QED) is 0.865. The molecule has 2 amide bonds. The van der Waals surface area contributed by atoms with Gasteiger partial charge < -0.3 is 20.1 Å². The summed E-state index contributed by atoms with van der Waals surface area (Å²) in [4.78, 5) is 26.2. The summed E-state index contributed by atoms with van der Waals surface area (Å²) < 4.78 is 5.07. The molecule has 1 aliphatic heterocycles. The van der Waals surface area contributed by atoms with Gasteiger partial charge in [0.1, 0.15) is 0 Å². The summed E-state index contributed by atoms with van der Waals surface area (Å²) in [7, 11) is 1.48. The number of phenols is 1. The minimum Gasteiger partial charge on any atom is -0.504 e. The van der Waals surface area contributed by atoms with Crippen molar-refractivity contribution >= 4 is 17.5 Å². The Morgan fingerprint density at radius 1 is 1.23 bits per heavy atom. The highest BCUT2D eigenvalue weighted by Gasteiger charge is 2.24. The van der Waals surface area contributed by atoms with Gasteiger partial charge in [-0.2, -0.15) is 0 Å². The van der Waals surface area contributed by atoms with E-state index < -0.39 is 0 Å². The number of carbonyl (C=O) groups excluding carboxylic acids is 2. The topological polar surface area (TPSA) is 78.9 Å². The molecule has 1 heterocycles. The van der Waals surface area contributed by atoms with Gasteiger partial charge in [-0.25, -0.2) is 0 Å². The highest BCUT2D eigenvalue weighted by Crippen LogP contribution is 2.29. The van der Waals surface area contributed by atoms with Crippen LogP contribution < -0.4 is 15.0 Å². The highest BCUT2D eigenvalue weighted by atomic mass is 16.5. The number of amides is 2. The summed E-state index contributed by atoms with van der Waals surface area (Å²) in [6.45, 7) is 2.84. The lowest BCUT2D eigenvalue weighted by atomic mass is 10.1. The molecule has 0 saturated heterocycles. The first-order valence-corrected chi connectivity index (χ1v) is 8.61. The van der Waals surface area contributed by atoms with Gasteiger partial charge in [0.25, 0.3) is 5.91 Å². The highest BCUT2D eigenvalue weighted by molar-refractivity contribution is 5.98. The molecule has 2 aromatic rings. The third kappa shape index (κ3) is 3.49. The third-order valence-corrected chi connectivity index (χ3v) is 4.54. The first-order valence-electron chi connectivity index (χ1n) is 8.61. The molecule has 0 saturated carbocycles. The van der Waals surface area contributed by atoms with E-state index in [4.69, 9.17) is 4.74 Å². The van der Waals surface area contributed by atoms with Crippen molar-refractivity contribution in [1.29, 1.82) is 0 Å². The van der Waals surface area contributed by atoms with Crippen LogP contribution >= 0.6 is 0 Å². The van der Waals surface area contributed by atoms with Gasteiger partial charge in [0.2, 0.25) is 5.91 Å². The van der Waals surface area contributed by atoms with Gasteiger partial charge >= 0.3 is 0 Å². The maximum absolute atomic E-state index is 12.4. The molecule has 26 heavy (non-hydrogen) atoms. The van der Waals surface area contributed by atoms with Crippen LogP contribution in [0.15, 0.2) is 36.4 Å². The number of benzene rings is 2. The van der Waals surface area contributed by atoms with Crippen molar-refractivity contribution in [3.8, 4) is 11.5 Å². The maximum atomic E-state index is 12.4. The number of hydrogen-bond acceptors (Lipinski definition) is 4. The fourth-order valence-corrected chi connectivity index (χ4v) is 3.11. The predicted octanol–water partition coefficient (Wildman–Crippen LogP) is 2.63. The Hall–Kier alpha value is -3.02. The van der Waals surface area contributed by atoms with Gasteiger partial charge in [0.15, 0.2) is 11.5 Å². The molecular weight excluding hydrogens is 332 g/mol. The lowest BCUT2D eigenvalue weighted by molar-refractivity contribution is -0.118. The second-order valence-corrected chi connectivity index (χ2v) is 6.18. The average Bonchev–Trinajstić information content (AvgIpc) is 3.09. The predicted molar refractivity (Wildman–Crippen MR) is 98.6 cm³/mol. The van der Waals surface area contributed by atoms with Crippen molar-refractivity contribution in [2.24, 2.45) is 0 Å². The number of nitrogens with zero attached hydrogens (tertiary/aromatic N) is 1. The molecule has 0 unspecified atom stereocenters. The molecule has 0 spiro atoms. The van der Waals surface area contributed by atoms with Crippen LogP contribution in [0.3, 0.4) is 0 Å². The summed E-state index contributed by atoms with van der Waals surface area (Å²) in [5.41, 5.74) is 3.32. The Balaban J connectivity index is 1.69. The first kappa shape index (κ1) is 17.8. The number of aromatic hydroxyl groups is 1. The van der Waals surface area contributed by atoms with Crippen LogP contribution in [0.4, 0.5) is 5.69 Å². The summed E-state index contributed by atoms with van der Waals surface area (Å²) in [5.74, 6) is 0.352. The molecule has 0 aliphatic carbocycles. The SMILES string of the molecule is CCC(=O)N1CCc2cc(C(=O)NCc3ccc(O)c(OC)c3)ccc21. The van der Waals surface area contributed by atoms with Crippen molar-refractivity contribution in [1.82, 2.24) is 5.32 Å². The molecule has 0 radical (unpaired) electrons. The fraction of sp³-hybridized carbons (Fsp3) is 0.300. The Kier molecular flexibility index (Phi) is 5.11. The van der Waals surface area contributed by atoms with Crippen LogP contribution in [-0.4, -0.2) is 30.6 Å². The molecule has 136 valence electrons. The monoisotopic (exact) mass is 354 g/mol. The van der Waals surface area contributed by atoms with Crippen LogP contribution in [0.1, 0.15) is 34.8 Å². The van der Waals surface area contributed by atoms with Crippen LogP contribution in [0.2, 0.25) is 0 Å². The molecular formula is C20H22N2O4. The Bertz CT molecular complexity index is 848. The van der Waals surface area contributed by atoms with Crippen molar-refractivity contribution < 1.29 is 19.4 Å². The molecule has 3 rings (SSSR count). The van der Waals surface area contributed by atoms with Crippen LogP contribution in [0.5, 0.6) is 11.5 Å². The number of fused-ring (bicyclic) bond motifs is 1. The molecule has 0 bridgehead atoms. The van der Waals surface area contributed by atoms with Crippen molar-refractivity contribution in [2.75, 3.05) is 18.6 Å². The van der Waals surface area contributed by atoms with Crippen molar-refractivity contribution in [3.05, 3.63) is 53.1 Å². The normalized spacial score (nSPS) is 12.6. The van der Waals surface area contributed by atoms with E-state index in [-0.39, 0.29) is 17.6 Å². The van der Waals surface area contributed by atoms with Crippen LogP contribution in [-0.2, 0) is 17.8 Å². The second kappa shape index (κ2) is 7.47. The average molecular weight is 354 g/mol. The Morgan fingerprint density at radius 2 is 2.04 bits per heavy atom. The summed E-state index contributed by atoms with van der Waals surface area (Å²) in [6.07, 6.45) is 1.23. The van der Waals surface area contributed by atoms with Crippen LogP contribution in [0.25, 0.3) is 0 Å². The van der Waals surface area contributed by atoms with Crippen molar-refractivity contribution in [3.63, 3.8) is 0 Å². The number of ether oxygens (including phenoxy) is 1. The van der Waals surface area contributed by atoms with E-state index >= 15 is 0 Å². The largest absolute Gasteiger partial charge is 0.504 e. The number of hydrogen-bond donors (Lipinski definition) is 2. The van der Waals surface area contributed by atoms with Crippen LogP contribution in [0, 0.1) is 0 Å². The standard InChI is InChI=1S/C20H22N2O4/c1-3-19(24)22-9-8-14-11-15(5-6-16(14)22)20(25)21-12-13-4-7-17(23)18(10-13)26-2/h4-7,10-11,23H,3,8-9,12H2,1-2H3,(H,21,25). The van der Waals surface area contributed by atoms with E-state index in [1.54, 1.807) is 23.1 Å². The van der Waals surface area contributed by atoms with E-state index in [9.17, 15) is 14.7 Å². The Labute approximate surface area is 152 Å². The summed E-state index contributed by atoms with van der Waals surface area (Å²) in [6, 6.07) is 10.4. The van der Waals surface area contributed by atoms with Crippen molar-refractivity contribution in [2.45, 2.75) is 26.3 Å². The molecule has 0 fully saturated rings. The summed E-state index contributed by atoms with van der Waals surface area (Å²) in [5, 5.41) is 12.5. The lowest BCUT2D eigenvalue weighted by Crippen LogP contribution is -2.27. The first-order chi connectivity index (χ1) is 12.5. The molecule has 2 N–H and O–H groups in total. The lowest BCUT2D eigenvalue weighted by Gasteiger charge is -2.16. The molecule has 1 aliphatic rings. The third-order valence-electron chi connectivity index (χ3n) is 4.54. The van der Waals surface area contributed by atoms with Gasteiger partial charge in [-0.1, -0.05) is 13.0 Å².